The Morgan fingerprint density at radius 3 is 2.70 bits per heavy atom. The van der Waals surface area contributed by atoms with Crippen molar-refractivity contribution >= 4 is 11.9 Å². The topological polar surface area (TPSA) is 105 Å². The predicted molar refractivity (Wildman–Crippen MR) is 111 cm³/mol. The first kappa shape index (κ1) is 22.3. The summed E-state index contributed by atoms with van der Waals surface area (Å²) in [6.07, 6.45) is 4.07. The number of nitrogens with one attached hydrogen (secondary N) is 1. The summed E-state index contributed by atoms with van der Waals surface area (Å²) in [6, 6.07) is 4.92. The molecule has 1 saturated heterocycles. The highest BCUT2D eigenvalue weighted by atomic mass is 16.5. The zero-order valence-corrected chi connectivity index (χ0v) is 17.8. The highest BCUT2D eigenvalue weighted by Gasteiger charge is 2.34. The zero-order valence-electron chi connectivity index (χ0n) is 17.8. The number of cyclic esters (lactones) is 1. The Bertz CT molecular complexity index is 812. The van der Waals surface area contributed by atoms with Crippen LogP contribution in [0.15, 0.2) is 30.5 Å². The van der Waals surface area contributed by atoms with Gasteiger partial charge in [-0.2, -0.15) is 0 Å². The van der Waals surface area contributed by atoms with Crippen LogP contribution >= 0.6 is 0 Å². The predicted octanol–water partition coefficient (Wildman–Crippen LogP) is 2.84. The Labute approximate surface area is 177 Å². The first-order valence-corrected chi connectivity index (χ1v) is 10.4. The normalized spacial score (nSPS) is 27.3. The second-order valence-electron chi connectivity index (χ2n) is 9.15. The van der Waals surface area contributed by atoms with Gasteiger partial charge >= 0.3 is 5.97 Å². The van der Waals surface area contributed by atoms with E-state index < -0.39 is 23.6 Å². The molecule has 4 atom stereocenters. The molecule has 1 aromatic rings. The molecule has 0 radical (unpaired) electrons. The number of benzene rings is 1. The first-order valence-electron chi connectivity index (χ1n) is 10.4. The molecule has 2 heterocycles. The molecule has 2 bridgehead atoms. The number of fused-ring (bicyclic) bond motifs is 3. The summed E-state index contributed by atoms with van der Waals surface area (Å²) < 4.78 is 11.9. The second-order valence-corrected chi connectivity index (χ2v) is 9.15. The molecule has 2 aliphatic rings. The maximum absolute atomic E-state index is 12.8. The molecular weight excluding hydrogens is 386 g/mol. The molecule has 30 heavy (non-hydrogen) atoms. The molecular formula is C23H31NO6. The monoisotopic (exact) mass is 417 g/mol. The van der Waals surface area contributed by atoms with Gasteiger partial charge in [-0.1, -0.05) is 39.0 Å². The molecule has 0 saturated carbocycles. The maximum Gasteiger partial charge on any atom is 0.342 e. The number of aliphatic hydroxyl groups is 1. The Kier molecular flexibility index (Phi) is 6.83. The van der Waals surface area contributed by atoms with Crippen LogP contribution in [0.5, 0.6) is 5.75 Å². The number of phenols is 1. The van der Waals surface area contributed by atoms with Crippen molar-refractivity contribution in [2.75, 3.05) is 0 Å². The number of aliphatic hydroxyl groups excluding tert-OH is 1. The van der Waals surface area contributed by atoms with Gasteiger partial charge in [0, 0.05) is 18.3 Å². The minimum Gasteiger partial charge on any atom is -0.507 e. The molecule has 2 aliphatic heterocycles. The lowest BCUT2D eigenvalue weighted by Gasteiger charge is -2.36. The number of hydrogen-bond acceptors (Lipinski definition) is 6. The van der Waals surface area contributed by atoms with Crippen LogP contribution < -0.4 is 5.32 Å². The summed E-state index contributed by atoms with van der Waals surface area (Å²) in [5, 5.41) is 23.3. The smallest absolute Gasteiger partial charge is 0.342 e. The van der Waals surface area contributed by atoms with Crippen LogP contribution in [0.25, 0.3) is 0 Å². The van der Waals surface area contributed by atoms with Crippen molar-refractivity contribution in [3.8, 4) is 5.75 Å². The molecule has 1 fully saturated rings. The second kappa shape index (κ2) is 9.18. The number of rotatable bonds is 3. The van der Waals surface area contributed by atoms with E-state index >= 15 is 0 Å². The molecule has 3 N–H and O–H groups in total. The third-order valence-corrected chi connectivity index (χ3v) is 5.45. The van der Waals surface area contributed by atoms with Crippen molar-refractivity contribution in [3.05, 3.63) is 41.6 Å². The third kappa shape index (κ3) is 5.61. The fourth-order valence-electron chi connectivity index (χ4n) is 3.87. The number of hydrogen-bond donors (Lipinski definition) is 3. The Hall–Kier alpha value is -2.38. The molecule has 0 aliphatic carbocycles. The minimum atomic E-state index is -0.569. The highest BCUT2D eigenvalue weighted by Crippen LogP contribution is 2.32. The van der Waals surface area contributed by atoms with E-state index in [-0.39, 0.29) is 29.4 Å². The Morgan fingerprint density at radius 2 is 1.97 bits per heavy atom. The average molecular weight is 418 g/mol. The number of esters is 1. The lowest BCUT2D eigenvalue weighted by atomic mass is 9.91. The summed E-state index contributed by atoms with van der Waals surface area (Å²) >= 11 is 0. The number of carbonyl (C=O) groups excluding carboxylic acids is 2. The molecule has 7 heteroatoms. The maximum atomic E-state index is 12.8. The minimum absolute atomic E-state index is 0.109. The van der Waals surface area contributed by atoms with Crippen LogP contribution in [0.1, 0.15) is 62.4 Å². The van der Waals surface area contributed by atoms with E-state index in [2.05, 4.69) is 5.32 Å². The van der Waals surface area contributed by atoms with Crippen LogP contribution in [0.3, 0.4) is 0 Å². The van der Waals surface area contributed by atoms with Crippen molar-refractivity contribution < 1.29 is 29.3 Å². The highest BCUT2D eigenvalue weighted by molar-refractivity contribution is 5.94. The Morgan fingerprint density at radius 1 is 1.23 bits per heavy atom. The van der Waals surface area contributed by atoms with E-state index in [0.717, 1.165) is 0 Å². The van der Waals surface area contributed by atoms with Gasteiger partial charge in [0.15, 0.2) is 0 Å². The van der Waals surface area contributed by atoms with Gasteiger partial charge in [0.2, 0.25) is 5.91 Å². The summed E-state index contributed by atoms with van der Waals surface area (Å²) in [7, 11) is 0. The first-order chi connectivity index (χ1) is 14.1. The van der Waals surface area contributed by atoms with Crippen molar-refractivity contribution in [1.82, 2.24) is 5.32 Å². The van der Waals surface area contributed by atoms with Gasteiger partial charge < -0.3 is 25.0 Å². The van der Waals surface area contributed by atoms with Gasteiger partial charge in [-0.3, -0.25) is 4.79 Å². The quantitative estimate of drug-likeness (QED) is 0.653. The number of ether oxygens (including phenoxy) is 2. The summed E-state index contributed by atoms with van der Waals surface area (Å²) in [5.41, 5.74) is 0.288. The molecule has 1 aromatic carbocycles. The largest absolute Gasteiger partial charge is 0.507 e. The number of carbonyl (C=O) groups is 2. The standard InChI is InChI=1S/C23H31NO6/c1-23(2,3)22(28)24-9-5-7-16-13-18-12-15(25)11-17(29-18)10-14-6-4-8-19(26)20(14)21(27)30-16/h4-6,8-9,15-18,25-26H,7,10-13H2,1-3H3,(H,24,28)/b9-5+/t15-,16+,17+,18-/m1/s1. The molecule has 0 unspecified atom stereocenters. The van der Waals surface area contributed by atoms with E-state index in [4.69, 9.17) is 9.47 Å². The lowest BCUT2D eigenvalue weighted by Crippen LogP contribution is -2.40. The molecule has 0 spiro atoms. The molecule has 1 amide bonds. The summed E-state index contributed by atoms with van der Waals surface area (Å²) in [4.78, 5) is 24.8. The van der Waals surface area contributed by atoms with Crippen LogP contribution in [-0.4, -0.2) is 46.5 Å². The average Bonchev–Trinajstić information content (AvgIpc) is 2.63. The van der Waals surface area contributed by atoms with Crippen molar-refractivity contribution in [3.63, 3.8) is 0 Å². The SMILES string of the molecule is CC(C)(C)C(=O)N/C=C/C[C@H]1C[C@H]2C[C@H](O)C[C@H](Cc3cccc(O)c3C(=O)O1)O2. The molecule has 3 rings (SSSR count). The number of amides is 1. The summed E-state index contributed by atoms with van der Waals surface area (Å²) in [5.74, 6) is -0.805. The van der Waals surface area contributed by atoms with E-state index in [1.54, 1.807) is 24.4 Å². The van der Waals surface area contributed by atoms with Crippen LogP contribution in [-0.2, 0) is 20.7 Å². The lowest BCUT2D eigenvalue weighted by molar-refractivity contribution is -0.127. The number of aromatic hydroxyl groups is 1. The van der Waals surface area contributed by atoms with Gasteiger partial charge in [-0.25, -0.2) is 4.79 Å². The zero-order chi connectivity index (χ0) is 21.9. The van der Waals surface area contributed by atoms with Gasteiger partial charge in [-0.05, 0) is 37.1 Å². The van der Waals surface area contributed by atoms with Crippen LogP contribution in [0, 0.1) is 5.41 Å². The van der Waals surface area contributed by atoms with E-state index in [1.807, 2.05) is 20.8 Å². The molecule has 0 aromatic heterocycles. The van der Waals surface area contributed by atoms with Gasteiger partial charge in [0.05, 0.1) is 18.3 Å². The van der Waals surface area contributed by atoms with Crippen LogP contribution in [0.2, 0.25) is 0 Å². The van der Waals surface area contributed by atoms with E-state index in [0.29, 0.717) is 37.7 Å². The van der Waals surface area contributed by atoms with Gasteiger partial charge in [0.1, 0.15) is 17.4 Å². The molecule has 164 valence electrons. The van der Waals surface area contributed by atoms with E-state index in [1.165, 1.54) is 6.07 Å². The Balaban J connectivity index is 1.78. The van der Waals surface area contributed by atoms with Gasteiger partial charge in [-0.15, -0.1) is 0 Å². The number of phenolic OH excluding ortho intramolecular Hbond substituents is 1. The fraction of sp³-hybridized carbons (Fsp3) is 0.565. The van der Waals surface area contributed by atoms with Crippen molar-refractivity contribution in [2.45, 2.75) is 77.3 Å². The van der Waals surface area contributed by atoms with Crippen molar-refractivity contribution in [1.29, 1.82) is 0 Å². The third-order valence-electron chi connectivity index (χ3n) is 5.45. The van der Waals surface area contributed by atoms with Crippen molar-refractivity contribution in [2.24, 2.45) is 5.41 Å². The van der Waals surface area contributed by atoms with Gasteiger partial charge in [0.25, 0.3) is 0 Å². The summed E-state index contributed by atoms with van der Waals surface area (Å²) in [6.45, 7) is 5.47. The fourth-order valence-corrected chi connectivity index (χ4v) is 3.87. The van der Waals surface area contributed by atoms with E-state index in [9.17, 15) is 19.8 Å². The van der Waals surface area contributed by atoms with Crippen LogP contribution in [0.4, 0.5) is 0 Å². The molecule has 7 nitrogen and oxygen atoms in total.